The van der Waals surface area contributed by atoms with Crippen LogP contribution < -0.4 is 25.4 Å². The number of hydrogen-bond acceptors (Lipinski definition) is 8. The molecule has 1 amide bonds. The van der Waals surface area contributed by atoms with Gasteiger partial charge in [-0.3, -0.25) is 14.8 Å². The van der Waals surface area contributed by atoms with E-state index in [9.17, 15) is 10.1 Å². The molecule has 10 heteroatoms. The third kappa shape index (κ3) is 7.02. The van der Waals surface area contributed by atoms with Gasteiger partial charge in [0.25, 0.3) is 0 Å². The van der Waals surface area contributed by atoms with E-state index in [4.69, 9.17) is 21.1 Å². The van der Waals surface area contributed by atoms with Crippen LogP contribution in [0.2, 0.25) is 5.02 Å². The molecule has 0 aliphatic heterocycles. The van der Waals surface area contributed by atoms with Gasteiger partial charge in [0, 0.05) is 42.2 Å². The third-order valence-electron chi connectivity index (χ3n) is 5.54. The number of ether oxygens (including phenoxy) is 2. The van der Waals surface area contributed by atoms with Crippen molar-refractivity contribution in [3.8, 4) is 17.6 Å². The van der Waals surface area contributed by atoms with Crippen LogP contribution in [-0.2, 0) is 11.4 Å². The molecule has 2 heterocycles. The van der Waals surface area contributed by atoms with Gasteiger partial charge in [-0.1, -0.05) is 23.7 Å². The standard InChI is InChI=1S/C29H27ClN6O3/c1-3-38-27-15-24-22(14-25(27)36-28(37)8-6-11-32-2)29(19(16-31)17-34-24)35-20-9-10-26(23(30)13-20)39-18-21-7-4-5-12-33-21/h4-10,12-15,17,32H,3,11,18H2,1-2H3,(H,34,35)(H,36,37)/b8-6+. The van der Waals surface area contributed by atoms with E-state index in [-0.39, 0.29) is 12.5 Å². The minimum Gasteiger partial charge on any atom is -0.492 e. The lowest BCUT2D eigenvalue weighted by Crippen LogP contribution is -2.11. The molecular weight excluding hydrogens is 516 g/mol. The van der Waals surface area contributed by atoms with Gasteiger partial charge < -0.3 is 25.4 Å². The minimum absolute atomic E-state index is 0.279. The first-order valence-electron chi connectivity index (χ1n) is 12.2. The molecule has 0 saturated carbocycles. The van der Waals surface area contributed by atoms with Crippen molar-refractivity contribution in [2.75, 3.05) is 30.8 Å². The molecule has 0 unspecified atom stereocenters. The molecule has 2 aromatic heterocycles. The Bertz CT molecular complexity index is 1540. The summed E-state index contributed by atoms with van der Waals surface area (Å²) in [6.07, 6.45) is 6.35. The SMILES string of the molecule is CCOc1cc2ncc(C#N)c(Nc3ccc(OCc4ccccn4)c(Cl)c3)c2cc1NC(=O)/C=C/CNC. The van der Waals surface area contributed by atoms with Crippen LogP contribution in [0.15, 0.2) is 73.1 Å². The van der Waals surface area contributed by atoms with Gasteiger partial charge in [-0.05, 0) is 50.4 Å². The lowest BCUT2D eigenvalue weighted by Gasteiger charge is -2.16. The summed E-state index contributed by atoms with van der Waals surface area (Å²) in [7, 11) is 1.79. The maximum Gasteiger partial charge on any atom is 0.248 e. The molecule has 2 aromatic carbocycles. The van der Waals surface area contributed by atoms with Crippen LogP contribution in [0.1, 0.15) is 18.2 Å². The summed E-state index contributed by atoms with van der Waals surface area (Å²) < 4.78 is 11.6. The van der Waals surface area contributed by atoms with Crippen molar-refractivity contribution in [2.45, 2.75) is 13.5 Å². The number of halogens is 1. The molecule has 0 aliphatic rings. The van der Waals surface area contributed by atoms with E-state index < -0.39 is 0 Å². The molecular formula is C29H27ClN6O3. The van der Waals surface area contributed by atoms with Gasteiger partial charge >= 0.3 is 0 Å². The number of hydrogen-bond donors (Lipinski definition) is 3. The number of likely N-dealkylation sites (N-methyl/N-ethyl adjacent to an activating group) is 1. The van der Waals surface area contributed by atoms with Crippen molar-refractivity contribution in [1.29, 1.82) is 5.26 Å². The number of nitriles is 1. The topological polar surface area (TPSA) is 121 Å². The van der Waals surface area contributed by atoms with Gasteiger partial charge in [0.15, 0.2) is 0 Å². The summed E-state index contributed by atoms with van der Waals surface area (Å²) in [5, 5.41) is 19.9. The predicted molar refractivity (Wildman–Crippen MR) is 153 cm³/mol. The Morgan fingerprint density at radius 1 is 1.13 bits per heavy atom. The average molecular weight is 543 g/mol. The summed E-state index contributed by atoms with van der Waals surface area (Å²) in [4.78, 5) is 21.2. The van der Waals surface area contributed by atoms with Gasteiger partial charge in [0.05, 0.1) is 39.8 Å². The normalized spacial score (nSPS) is 10.8. The van der Waals surface area contributed by atoms with E-state index in [0.29, 0.717) is 63.2 Å². The molecule has 4 rings (SSSR count). The summed E-state index contributed by atoms with van der Waals surface area (Å²) in [6, 6.07) is 16.5. The molecule has 4 aromatic rings. The number of nitrogens with zero attached hydrogens (tertiary/aromatic N) is 3. The zero-order valence-electron chi connectivity index (χ0n) is 21.5. The zero-order chi connectivity index (χ0) is 27.6. The first-order chi connectivity index (χ1) is 19.0. The third-order valence-corrected chi connectivity index (χ3v) is 5.84. The highest BCUT2D eigenvalue weighted by molar-refractivity contribution is 6.32. The smallest absolute Gasteiger partial charge is 0.248 e. The molecule has 0 aliphatic carbocycles. The van der Waals surface area contributed by atoms with Crippen molar-refractivity contribution >= 4 is 45.5 Å². The maximum absolute atomic E-state index is 12.5. The van der Waals surface area contributed by atoms with Gasteiger partial charge in [-0.2, -0.15) is 5.26 Å². The first-order valence-corrected chi connectivity index (χ1v) is 12.6. The summed E-state index contributed by atoms with van der Waals surface area (Å²) in [6.45, 7) is 3.10. The second kappa shape index (κ2) is 13.2. The molecule has 0 fully saturated rings. The number of carbonyl (C=O) groups excluding carboxylic acids is 1. The first kappa shape index (κ1) is 27.4. The van der Waals surface area contributed by atoms with E-state index in [1.807, 2.05) is 25.1 Å². The van der Waals surface area contributed by atoms with Crippen LogP contribution in [-0.4, -0.2) is 36.1 Å². The van der Waals surface area contributed by atoms with Crippen LogP contribution in [0.4, 0.5) is 17.1 Å². The molecule has 0 spiro atoms. The van der Waals surface area contributed by atoms with Crippen molar-refractivity contribution in [3.05, 3.63) is 89.4 Å². The second-order valence-corrected chi connectivity index (χ2v) is 8.69. The Balaban J connectivity index is 1.65. The van der Waals surface area contributed by atoms with Crippen molar-refractivity contribution in [2.24, 2.45) is 0 Å². The highest BCUT2D eigenvalue weighted by atomic mass is 35.5. The van der Waals surface area contributed by atoms with Crippen LogP contribution >= 0.6 is 11.6 Å². The fraction of sp³-hybridized carbons (Fsp3) is 0.172. The average Bonchev–Trinajstić information content (AvgIpc) is 2.94. The Kier molecular flexibility index (Phi) is 9.29. The van der Waals surface area contributed by atoms with Gasteiger partial charge in [0.2, 0.25) is 5.91 Å². The van der Waals surface area contributed by atoms with Gasteiger partial charge in [-0.25, -0.2) is 0 Å². The number of aromatic nitrogens is 2. The number of fused-ring (bicyclic) bond motifs is 1. The highest BCUT2D eigenvalue weighted by Crippen LogP contribution is 2.37. The summed E-state index contributed by atoms with van der Waals surface area (Å²) in [5.41, 5.74) is 3.31. The molecule has 0 bridgehead atoms. The largest absolute Gasteiger partial charge is 0.492 e. The van der Waals surface area contributed by atoms with E-state index >= 15 is 0 Å². The highest BCUT2D eigenvalue weighted by Gasteiger charge is 2.16. The second-order valence-electron chi connectivity index (χ2n) is 8.29. The van der Waals surface area contributed by atoms with Gasteiger partial charge in [0.1, 0.15) is 24.2 Å². The van der Waals surface area contributed by atoms with Gasteiger partial charge in [-0.15, -0.1) is 0 Å². The molecule has 3 N–H and O–H groups in total. The number of pyridine rings is 2. The number of amides is 1. The predicted octanol–water partition coefficient (Wildman–Crippen LogP) is 5.59. The Labute approximate surface area is 231 Å². The molecule has 0 atom stereocenters. The van der Waals surface area contributed by atoms with Crippen LogP contribution in [0.25, 0.3) is 10.9 Å². The summed E-state index contributed by atoms with van der Waals surface area (Å²) >= 11 is 6.51. The number of nitrogens with one attached hydrogen (secondary N) is 3. The van der Waals surface area contributed by atoms with E-state index in [2.05, 4.69) is 32.0 Å². The van der Waals surface area contributed by atoms with Crippen molar-refractivity contribution in [3.63, 3.8) is 0 Å². The van der Waals surface area contributed by atoms with E-state index in [0.717, 1.165) is 5.69 Å². The lowest BCUT2D eigenvalue weighted by atomic mass is 10.1. The molecule has 0 saturated heterocycles. The van der Waals surface area contributed by atoms with E-state index in [1.54, 1.807) is 49.7 Å². The fourth-order valence-corrected chi connectivity index (χ4v) is 3.98. The van der Waals surface area contributed by atoms with Crippen LogP contribution in [0, 0.1) is 11.3 Å². The summed E-state index contributed by atoms with van der Waals surface area (Å²) in [5.74, 6) is 0.671. The molecule has 198 valence electrons. The molecule has 39 heavy (non-hydrogen) atoms. The molecule has 0 radical (unpaired) electrons. The maximum atomic E-state index is 12.5. The number of anilines is 3. The van der Waals surface area contributed by atoms with E-state index in [1.165, 1.54) is 12.3 Å². The quantitative estimate of drug-likeness (QED) is 0.210. The number of carbonyl (C=O) groups is 1. The Morgan fingerprint density at radius 3 is 2.72 bits per heavy atom. The van der Waals surface area contributed by atoms with Crippen molar-refractivity contribution in [1.82, 2.24) is 15.3 Å². The van der Waals surface area contributed by atoms with Crippen molar-refractivity contribution < 1.29 is 14.3 Å². The minimum atomic E-state index is -0.308. The Morgan fingerprint density at radius 2 is 2.00 bits per heavy atom. The Hall–Kier alpha value is -4.65. The number of benzene rings is 2. The van der Waals surface area contributed by atoms with Crippen LogP contribution in [0.5, 0.6) is 11.5 Å². The van der Waals surface area contributed by atoms with Crippen LogP contribution in [0.3, 0.4) is 0 Å². The fourth-order valence-electron chi connectivity index (χ4n) is 3.75. The monoisotopic (exact) mass is 542 g/mol. The lowest BCUT2D eigenvalue weighted by molar-refractivity contribution is -0.111. The number of rotatable bonds is 11. The molecule has 9 nitrogen and oxygen atoms in total. The zero-order valence-corrected chi connectivity index (χ0v) is 22.2.